The van der Waals surface area contributed by atoms with Crippen LogP contribution in [0.2, 0.25) is 0 Å². The van der Waals surface area contributed by atoms with Crippen LogP contribution in [0.5, 0.6) is 0 Å². The lowest BCUT2D eigenvalue weighted by molar-refractivity contribution is -0.138. The molecule has 0 aliphatic rings. The first-order valence-corrected chi connectivity index (χ1v) is 32.0. The van der Waals surface area contributed by atoms with E-state index in [2.05, 4.69) is 131 Å². The van der Waals surface area contributed by atoms with Crippen LogP contribution in [0, 0.1) is 0 Å². The standard InChI is InChI=1S/C18H32O3.2C18H30O2.C18H28O2/c1-2-3-4-5-6-8-11-14-17(19)15-12-9-7-10-13-16-18(20)21;3*1-2-3-4-5-6-7-8-9-10-11-12-13-14-15-16-17-18(19)20/h6,8,11,14,17,19H,2-5,7,9-10,12-13,15-16H2,1H3,(H,20,21);6-11H,2-5,12-17H2,1H3,(H,19,20);5-10H,2-4,11-17H2,1H3,(H,19,20);3-10H,2,11-17H2,1H3,(H,19,20)/b8-6+,14-11+;7-6-,9-8+,11-10+;6-5+,8-7+,10-9-;4-3-,6-5+,8-7+,10-9-. The van der Waals surface area contributed by atoms with Gasteiger partial charge in [-0.15, -0.1) is 0 Å². The van der Waals surface area contributed by atoms with Crippen molar-refractivity contribution in [2.24, 2.45) is 0 Å². The van der Waals surface area contributed by atoms with E-state index in [0.717, 1.165) is 135 Å². The van der Waals surface area contributed by atoms with Crippen LogP contribution in [0.25, 0.3) is 0 Å². The lowest BCUT2D eigenvalue weighted by atomic mass is 10.1. The Balaban J connectivity index is -0.000000488. The molecule has 0 fully saturated rings. The quantitative estimate of drug-likeness (QED) is 0.0294. The lowest BCUT2D eigenvalue weighted by Gasteiger charge is -2.04. The molecule has 0 bridgehead atoms. The van der Waals surface area contributed by atoms with Gasteiger partial charge in [-0.05, 0) is 109 Å². The summed E-state index contributed by atoms with van der Waals surface area (Å²) in [6, 6.07) is 0. The van der Waals surface area contributed by atoms with Crippen LogP contribution in [0.3, 0.4) is 0 Å². The topological polar surface area (TPSA) is 169 Å². The molecule has 9 nitrogen and oxygen atoms in total. The Bertz CT molecular complexity index is 1740. The maximum absolute atomic E-state index is 10.3. The molecule has 0 amide bonds. The van der Waals surface area contributed by atoms with Crippen molar-refractivity contribution in [3.8, 4) is 0 Å². The fraction of sp³-hybridized carbons (Fsp3) is 0.611. The maximum atomic E-state index is 10.3. The van der Waals surface area contributed by atoms with Gasteiger partial charge < -0.3 is 25.5 Å². The number of carboxylic acid groups (broad SMARTS) is 4. The number of carbonyl (C=O) groups is 4. The summed E-state index contributed by atoms with van der Waals surface area (Å²) in [5.74, 6) is -2.75. The van der Waals surface area contributed by atoms with E-state index < -0.39 is 23.9 Å². The van der Waals surface area contributed by atoms with Gasteiger partial charge in [0, 0.05) is 25.7 Å². The predicted octanol–water partition coefficient (Wildman–Crippen LogP) is 21.6. The summed E-state index contributed by atoms with van der Waals surface area (Å²) in [6.45, 7) is 8.75. The summed E-state index contributed by atoms with van der Waals surface area (Å²) >= 11 is 0. The van der Waals surface area contributed by atoms with Crippen molar-refractivity contribution in [2.75, 3.05) is 0 Å². The van der Waals surface area contributed by atoms with Gasteiger partial charge >= 0.3 is 23.9 Å². The first-order chi connectivity index (χ1) is 39.5. The molecule has 0 aromatic heterocycles. The molecule has 0 saturated carbocycles. The largest absolute Gasteiger partial charge is 0.481 e. The number of unbranched alkanes of at least 4 members (excludes halogenated alkanes) is 26. The molecule has 9 heteroatoms. The van der Waals surface area contributed by atoms with E-state index in [1.807, 2.05) is 42.5 Å². The highest BCUT2D eigenvalue weighted by Gasteiger charge is 2.01. The molecule has 0 aromatic carbocycles. The minimum Gasteiger partial charge on any atom is -0.481 e. The summed E-state index contributed by atoms with van der Waals surface area (Å²) in [5, 5.41) is 43.8. The van der Waals surface area contributed by atoms with Gasteiger partial charge in [-0.3, -0.25) is 19.2 Å². The average Bonchev–Trinajstić information content (AvgIpc) is 3.43. The Hall–Kier alpha value is -5.28. The first kappa shape index (κ1) is 82.2. The third-order valence-electron chi connectivity index (χ3n) is 12.5. The Labute approximate surface area is 496 Å². The van der Waals surface area contributed by atoms with Crippen molar-refractivity contribution in [1.29, 1.82) is 0 Å². The molecule has 1 atom stereocenters. The molecule has 462 valence electrons. The monoisotopic (exact) mass is 1130 g/mol. The molecule has 5 N–H and O–H groups in total. The molecule has 0 heterocycles. The Morgan fingerprint density at radius 2 is 0.506 bits per heavy atom. The highest BCUT2D eigenvalue weighted by atomic mass is 16.4. The second-order valence-corrected chi connectivity index (χ2v) is 20.5. The summed E-state index contributed by atoms with van der Waals surface area (Å²) in [4.78, 5) is 41.3. The van der Waals surface area contributed by atoms with Gasteiger partial charge in [0.05, 0.1) is 6.10 Å². The molecule has 0 radical (unpaired) electrons. The second kappa shape index (κ2) is 76.8. The van der Waals surface area contributed by atoms with Crippen LogP contribution in [-0.2, 0) is 19.2 Å². The van der Waals surface area contributed by atoms with Gasteiger partial charge in [-0.1, -0.05) is 289 Å². The van der Waals surface area contributed by atoms with Crippen molar-refractivity contribution in [3.63, 3.8) is 0 Å². The molecule has 0 spiro atoms. The highest BCUT2D eigenvalue weighted by Crippen LogP contribution is 2.12. The first-order valence-electron chi connectivity index (χ1n) is 32.0. The van der Waals surface area contributed by atoms with E-state index in [1.165, 1.54) is 89.9 Å². The van der Waals surface area contributed by atoms with Gasteiger partial charge in [0.15, 0.2) is 0 Å². The predicted molar refractivity (Wildman–Crippen MR) is 349 cm³/mol. The smallest absolute Gasteiger partial charge is 0.303 e. The van der Waals surface area contributed by atoms with E-state index in [-0.39, 0.29) is 12.5 Å². The minimum atomic E-state index is -0.710. The van der Waals surface area contributed by atoms with Crippen LogP contribution in [-0.4, -0.2) is 55.5 Å². The number of aliphatic hydroxyl groups is 1. The van der Waals surface area contributed by atoms with Crippen LogP contribution in [0.4, 0.5) is 0 Å². The number of rotatable bonds is 52. The van der Waals surface area contributed by atoms with Crippen LogP contribution in [0.1, 0.15) is 278 Å². The third-order valence-corrected chi connectivity index (χ3v) is 12.5. The normalized spacial score (nSPS) is 12.5. The highest BCUT2D eigenvalue weighted by molar-refractivity contribution is 5.67. The van der Waals surface area contributed by atoms with E-state index >= 15 is 0 Å². The van der Waals surface area contributed by atoms with E-state index in [0.29, 0.717) is 19.3 Å². The van der Waals surface area contributed by atoms with Gasteiger partial charge in [0.1, 0.15) is 0 Å². The van der Waals surface area contributed by atoms with E-state index in [1.54, 1.807) is 0 Å². The number of allylic oxidation sites excluding steroid dienone is 23. The van der Waals surface area contributed by atoms with Gasteiger partial charge in [0.2, 0.25) is 0 Å². The summed E-state index contributed by atoms with van der Waals surface area (Å²) < 4.78 is 0. The molecule has 0 saturated heterocycles. The summed E-state index contributed by atoms with van der Waals surface area (Å²) in [6.07, 6.45) is 89.5. The van der Waals surface area contributed by atoms with Crippen molar-refractivity contribution in [3.05, 3.63) is 146 Å². The molecule has 1 unspecified atom stereocenters. The van der Waals surface area contributed by atoms with Crippen LogP contribution >= 0.6 is 0 Å². The molecule has 0 aromatic rings. The molecule has 0 rings (SSSR count). The number of aliphatic hydroxyl groups excluding tert-OH is 1. The Morgan fingerprint density at radius 3 is 0.802 bits per heavy atom. The van der Waals surface area contributed by atoms with Crippen molar-refractivity contribution in [2.45, 2.75) is 284 Å². The number of aliphatic carboxylic acids is 4. The SMILES string of the molecule is CCCC/C=C/C=C/C=C\CCCCCCCC(=O)O.CCCCC/C=C/C=C/C(O)CCCCCCCC(=O)O.CCCCC\C=C/C=C/C=C/CCCCCCC(=O)O.CC\C=C/C=C/C=C/C=C\CCCCCCCC(=O)O. The van der Waals surface area contributed by atoms with Crippen LogP contribution in [0.15, 0.2) is 146 Å². The number of hydrogen-bond donors (Lipinski definition) is 5. The zero-order valence-electron chi connectivity index (χ0n) is 51.9. The Morgan fingerprint density at radius 1 is 0.272 bits per heavy atom. The Kier molecular flexibility index (Phi) is 77.9. The molecule has 81 heavy (non-hydrogen) atoms. The fourth-order valence-corrected chi connectivity index (χ4v) is 7.60. The number of hydrogen-bond acceptors (Lipinski definition) is 5. The summed E-state index contributed by atoms with van der Waals surface area (Å²) in [5.41, 5.74) is 0. The molecular formula is C72H120O9. The van der Waals surface area contributed by atoms with Gasteiger partial charge in [0.25, 0.3) is 0 Å². The molecular weight excluding hydrogens is 1010 g/mol. The van der Waals surface area contributed by atoms with Crippen LogP contribution < -0.4 is 0 Å². The fourth-order valence-electron chi connectivity index (χ4n) is 7.60. The number of carboxylic acids is 4. The molecule has 0 aliphatic carbocycles. The third kappa shape index (κ3) is 94.3. The zero-order valence-corrected chi connectivity index (χ0v) is 51.9. The zero-order chi connectivity index (χ0) is 60.4. The van der Waals surface area contributed by atoms with Gasteiger partial charge in [-0.25, -0.2) is 0 Å². The average molecular weight is 1130 g/mol. The van der Waals surface area contributed by atoms with Crippen molar-refractivity contribution < 1.29 is 44.7 Å². The van der Waals surface area contributed by atoms with Crippen molar-refractivity contribution >= 4 is 23.9 Å². The van der Waals surface area contributed by atoms with E-state index in [4.69, 9.17) is 20.4 Å². The van der Waals surface area contributed by atoms with Crippen molar-refractivity contribution in [1.82, 2.24) is 0 Å². The van der Waals surface area contributed by atoms with E-state index in [9.17, 15) is 24.3 Å². The maximum Gasteiger partial charge on any atom is 0.303 e. The molecule has 0 aliphatic heterocycles. The second-order valence-electron chi connectivity index (χ2n) is 20.5. The lowest BCUT2D eigenvalue weighted by Crippen LogP contribution is -2.01. The van der Waals surface area contributed by atoms with Gasteiger partial charge in [-0.2, -0.15) is 0 Å². The summed E-state index contributed by atoms with van der Waals surface area (Å²) in [7, 11) is 0. The minimum absolute atomic E-state index is 0.274.